The van der Waals surface area contributed by atoms with Crippen LogP contribution in [-0.2, 0) is 6.42 Å². The van der Waals surface area contributed by atoms with Gasteiger partial charge in [-0.15, -0.1) is 5.54 Å². The fourth-order valence-electron chi connectivity index (χ4n) is 4.37. The van der Waals surface area contributed by atoms with Crippen LogP contribution in [0.5, 0.6) is 0 Å². The molecule has 0 atom stereocenters. The molecule has 0 fully saturated rings. The normalized spacial score (nSPS) is 11.8. The number of aryl methyl sites for hydroxylation is 1. The third kappa shape index (κ3) is 5.15. The van der Waals surface area contributed by atoms with Crippen LogP contribution in [0.1, 0.15) is 63.8 Å². The third-order valence-electron chi connectivity index (χ3n) is 5.95. The van der Waals surface area contributed by atoms with Crippen molar-refractivity contribution in [3.63, 3.8) is 0 Å². The molecular weight excluding hydrogens is 408 g/mol. The summed E-state index contributed by atoms with van der Waals surface area (Å²) in [6, 6.07) is 15.3. The van der Waals surface area contributed by atoms with Crippen LogP contribution in [0.2, 0.25) is 16.6 Å². The maximum Gasteiger partial charge on any atom is 0.146 e. The quantitative estimate of drug-likeness (QED) is 0.327. The van der Waals surface area contributed by atoms with E-state index >= 15 is 0 Å². The highest BCUT2D eigenvalue weighted by Crippen LogP contribution is 2.40. The average Bonchev–Trinajstić information content (AvgIpc) is 2.59. The fraction of sp³-hybridized carbons (Fsp3) is 0.440. The van der Waals surface area contributed by atoms with Crippen molar-refractivity contribution in [1.29, 1.82) is 0 Å². The van der Waals surface area contributed by atoms with Crippen molar-refractivity contribution in [2.75, 3.05) is 0 Å². The molecule has 27 heavy (non-hydrogen) atoms. The van der Waals surface area contributed by atoms with Crippen molar-refractivity contribution in [3.05, 3.63) is 69.2 Å². The van der Waals surface area contributed by atoms with Crippen molar-refractivity contribution >= 4 is 24.0 Å². The summed E-state index contributed by atoms with van der Waals surface area (Å²) in [4.78, 5) is 0. The van der Waals surface area contributed by atoms with E-state index in [1.165, 1.54) is 16.7 Å². The minimum Gasteiger partial charge on any atom is -0.125 e. The van der Waals surface area contributed by atoms with Crippen molar-refractivity contribution in [2.45, 2.75) is 71.5 Å². The maximum atomic E-state index is 3.82. The highest BCUT2D eigenvalue weighted by atomic mass is 79.9. The molecule has 2 rings (SSSR count). The molecule has 0 aromatic heterocycles. The Hall–Kier alpha value is -1.30. The van der Waals surface area contributed by atoms with Gasteiger partial charge < -0.3 is 0 Å². The Labute approximate surface area is 175 Å². The van der Waals surface area contributed by atoms with Gasteiger partial charge in [0.25, 0.3) is 0 Å². The maximum absolute atomic E-state index is 3.82. The summed E-state index contributed by atoms with van der Waals surface area (Å²) < 4.78 is 1.14. The Kier molecular flexibility index (Phi) is 7.54. The minimum atomic E-state index is -1.67. The van der Waals surface area contributed by atoms with E-state index in [1.807, 2.05) is 0 Å². The molecule has 0 heterocycles. The van der Waals surface area contributed by atoms with Crippen LogP contribution < -0.4 is 0 Å². The summed E-state index contributed by atoms with van der Waals surface area (Å²) in [5.41, 5.74) is 11.0. The van der Waals surface area contributed by atoms with E-state index in [0.717, 1.165) is 16.5 Å². The van der Waals surface area contributed by atoms with Gasteiger partial charge in [-0.05, 0) is 70.9 Å². The van der Waals surface area contributed by atoms with E-state index in [1.54, 1.807) is 0 Å². The summed E-state index contributed by atoms with van der Waals surface area (Å²) >= 11 is 3.58. The van der Waals surface area contributed by atoms with E-state index in [9.17, 15) is 0 Å². The van der Waals surface area contributed by atoms with Gasteiger partial charge in [0.1, 0.15) is 8.07 Å². The Morgan fingerprint density at radius 3 is 1.93 bits per heavy atom. The van der Waals surface area contributed by atoms with Gasteiger partial charge in [-0.2, -0.15) is 0 Å². The lowest BCUT2D eigenvalue weighted by Crippen LogP contribution is -2.43. The Morgan fingerprint density at radius 2 is 1.41 bits per heavy atom. The van der Waals surface area contributed by atoms with Crippen molar-refractivity contribution in [2.24, 2.45) is 0 Å². The molecule has 2 aromatic rings. The number of hydrogen-bond acceptors (Lipinski definition) is 0. The predicted molar refractivity (Wildman–Crippen MR) is 126 cm³/mol. The largest absolute Gasteiger partial charge is 0.146 e. The van der Waals surface area contributed by atoms with Crippen LogP contribution >= 0.6 is 15.9 Å². The third-order valence-corrected chi connectivity index (χ3v) is 12.7. The van der Waals surface area contributed by atoms with E-state index in [2.05, 4.69) is 118 Å². The first-order chi connectivity index (χ1) is 12.7. The fourth-order valence-corrected chi connectivity index (χ4v) is 10.0. The van der Waals surface area contributed by atoms with E-state index < -0.39 is 8.07 Å². The lowest BCUT2D eigenvalue weighted by Gasteiger charge is -2.38. The molecule has 0 radical (unpaired) electrons. The molecule has 0 N–H and O–H groups in total. The highest BCUT2D eigenvalue weighted by molar-refractivity contribution is 9.10. The highest BCUT2D eigenvalue weighted by Gasteiger charge is 2.41. The number of rotatable bonds is 5. The molecular formula is C25H33BrSi. The second-order valence-electron chi connectivity index (χ2n) is 8.59. The molecule has 0 aliphatic heterocycles. The van der Waals surface area contributed by atoms with Gasteiger partial charge in [-0.25, -0.2) is 0 Å². The van der Waals surface area contributed by atoms with E-state index in [-0.39, 0.29) is 0 Å². The van der Waals surface area contributed by atoms with Crippen LogP contribution in [0.25, 0.3) is 0 Å². The van der Waals surface area contributed by atoms with E-state index in [0.29, 0.717) is 16.6 Å². The van der Waals surface area contributed by atoms with Gasteiger partial charge in [0.15, 0.2) is 0 Å². The zero-order valence-electron chi connectivity index (χ0n) is 17.9. The molecule has 2 heteroatoms. The number of benzene rings is 2. The Balaban J connectivity index is 2.25. The number of hydrogen-bond donors (Lipinski definition) is 0. The lowest BCUT2D eigenvalue weighted by molar-refractivity contribution is 0.838. The average molecular weight is 442 g/mol. The van der Waals surface area contributed by atoms with Crippen LogP contribution in [0, 0.1) is 18.4 Å². The van der Waals surface area contributed by atoms with Gasteiger partial charge in [0.2, 0.25) is 0 Å². The molecule has 0 aliphatic carbocycles. The van der Waals surface area contributed by atoms with Gasteiger partial charge in [0.05, 0.1) is 0 Å². The molecule has 0 nitrogen and oxygen atoms in total. The molecule has 0 amide bonds. The Morgan fingerprint density at radius 1 is 0.852 bits per heavy atom. The smallest absolute Gasteiger partial charge is 0.125 e. The zero-order chi connectivity index (χ0) is 20.2. The first kappa shape index (κ1) is 22.0. The molecule has 144 valence electrons. The molecule has 0 bridgehead atoms. The summed E-state index contributed by atoms with van der Waals surface area (Å²) in [5, 5.41) is 0. The molecule has 0 aliphatic rings. The predicted octanol–water partition coefficient (Wildman–Crippen LogP) is 7.92. The van der Waals surface area contributed by atoms with Crippen molar-refractivity contribution in [3.8, 4) is 11.5 Å². The van der Waals surface area contributed by atoms with E-state index in [4.69, 9.17) is 0 Å². The second kappa shape index (κ2) is 9.26. The zero-order valence-corrected chi connectivity index (χ0v) is 20.4. The second-order valence-corrected chi connectivity index (χ2v) is 15.1. The molecule has 0 unspecified atom stereocenters. The molecule has 0 spiro atoms. The van der Waals surface area contributed by atoms with Gasteiger partial charge in [0, 0.05) is 10.0 Å². The van der Waals surface area contributed by atoms with Crippen molar-refractivity contribution < 1.29 is 0 Å². The molecule has 2 aromatic carbocycles. The first-order valence-corrected chi connectivity index (χ1v) is 13.1. The molecule has 0 saturated heterocycles. The topological polar surface area (TPSA) is 0 Å². The summed E-state index contributed by atoms with van der Waals surface area (Å²) in [7, 11) is -1.67. The standard InChI is InChI=1S/C25H33BrSi/c1-18(2)27(19(3)4,20(5)6)15-14-22-9-11-23(12-10-22)16-24-17-25(26)13-8-21(24)7/h8-13,17-20H,16H2,1-7H3. The van der Waals surface area contributed by atoms with Crippen LogP contribution in [-0.4, -0.2) is 8.07 Å². The molecule has 0 saturated carbocycles. The van der Waals surface area contributed by atoms with Gasteiger partial charge in [-0.3, -0.25) is 0 Å². The first-order valence-electron chi connectivity index (χ1n) is 10.0. The Bertz CT molecular complexity index is 798. The van der Waals surface area contributed by atoms with Crippen LogP contribution in [0.3, 0.4) is 0 Å². The monoisotopic (exact) mass is 440 g/mol. The SMILES string of the molecule is Cc1ccc(Br)cc1Cc1ccc(C#C[Si](C(C)C)(C(C)C)C(C)C)cc1. The van der Waals surface area contributed by atoms with Crippen LogP contribution in [0.4, 0.5) is 0 Å². The summed E-state index contributed by atoms with van der Waals surface area (Å²) in [5.74, 6) is 3.55. The van der Waals surface area contributed by atoms with Crippen molar-refractivity contribution in [1.82, 2.24) is 0 Å². The minimum absolute atomic E-state index is 0.670. The van der Waals surface area contributed by atoms with Crippen LogP contribution in [0.15, 0.2) is 46.9 Å². The summed E-state index contributed by atoms with van der Waals surface area (Å²) in [6.07, 6.45) is 0.960. The number of halogens is 1. The van der Waals surface area contributed by atoms with Gasteiger partial charge in [-0.1, -0.05) is 81.6 Å². The summed E-state index contributed by atoms with van der Waals surface area (Å²) in [6.45, 7) is 16.4. The lowest BCUT2D eigenvalue weighted by atomic mass is 10.00. The van der Waals surface area contributed by atoms with Gasteiger partial charge >= 0.3 is 0 Å².